The summed E-state index contributed by atoms with van der Waals surface area (Å²) < 4.78 is 45.0. The van der Waals surface area contributed by atoms with Gasteiger partial charge in [0.2, 0.25) is 11.8 Å². The fourth-order valence-corrected chi connectivity index (χ4v) is 7.05. The minimum Gasteiger partial charge on any atom is -0.398 e. The van der Waals surface area contributed by atoms with Gasteiger partial charge in [-0.15, -0.1) is 0 Å². The van der Waals surface area contributed by atoms with Gasteiger partial charge in [-0.2, -0.15) is 18.2 Å². The number of nitrogens with zero attached hydrogens (tertiary/aromatic N) is 6. The van der Waals surface area contributed by atoms with Crippen LogP contribution in [0.3, 0.4) is 0 Å². The van der Waals surface area contributed by atoms with Crippen molar-refractivity contribution in [3.63, 3.8) is 0 Å². The summed E-state index contributed by atoms with van der Waals surface area (Å²) >= 11 is 0. The van der Waals surface area contributed by atoms with E-state index in [2.05, 4.69) is 21.2 Å². The van der Waals surface area contributed by atoms with Gasteiger partial charge in [0.15, 0.2) is 5.82 Å². The van der Waals surface area contributed by atoms with Crippen molar-refractivity contribution in [1.82, 2.24) is 24.9 Å². The molecule has 3 N–H and O–H groups in total. The molecular formula is C36H35F3N8O3. The first-order valence-electron chi connectivity index (χ1n) is 16.3. The van der Waals surface area contributed by atoms with E-state index in [4.69, 9.17) is 15.7 Å². The molecule has 3 aliphatic heterocycles. The molecule has 2 amide bonds. The largest absolute Gasteiger partial charge is 0.433 e. The summed E-state index contributed by atoms with van der Waals surface area (Å²) in [5.74, 6) is 1.01. The molecule has 0 aliphatic carbocycles. The van der Waals surface area contributed by atoms with Crippen LogP contribution in [-0.4, -0.2) is 81.7 Å². The van der Waals surface area contributed by atoms with Crippen molar-refractivity contribution < 1.29 is 27.3 Å². The number of alkyl halides is 3. The standard InChI is InChI=1S/C36H35F3N8O3/c1-22-43-33(50-44-22)25-4-2-23(3-5-25)24-9-14-46(15-10-24)31(48)20-45-16-11-35(21-45)12-17-47(34(35)49)27-6-7-29(40)28(19-27)32(41)26-8-13-42-30(18-26)36(37,38)39/h2-9,13,18-19,41H,10-12,14-17,20-21,40H2,1H3/t35-/m0/s1. The highest BCUT2D eigenvalue weighted by Gasteiger charge is 2.51. The van der Waals surface area contributed by atoms with Gasteiger partial charge in [0, 0.05) is 60.4 Å². The Morgan fingerprint density at radius 3 is 2.50 bits per heavy atom. The summed E-state index contributed by atoms with van der Waals surface area (Å²) in [6, 6.07) is 14.9. The first kappa shape index (κ1) is 33.1. The van der Waals surface area contributed by atoms with Gasteiger partial charge in [-0.1, -0.05) is 23.4 Å². The van der Waals surface area contributed by atoms with E-state index in [1.54, 1.807) is 30.0 Å². The molecule has 0 radical (unpaired) electrons. The summed E-state index contributed by atoms with van der Waals surface area (Å²) in [6.07, 6.45) is 0.396. The predicted molar refractivity (Wildman–Crippen MR) is 180 cm³/mol. The van der Waals surface area contributed by atoms with E-state index >= 15 is 0 Å². The number of hydrogen-bond acceptors (Lipinski definition) is 9. The van der Waals surface area contributed by atoms with Crippen LogP contribution in [0.4, 0.5) is 24.5 Å². The molecule has 2 fully saturated rings. The van der Waals surface area contributed by atoms with E-state index < -0.39 is 17.3 Å². The number of benzene rings is 2. The van der Waals surface area contributed by atoms with E-state index in [9.17, 15) is 22.8 Å². The van der Waals surface area contributed by atoms with Crippen LogP contribution in [0.1, 0.15) is 47.5 Å². The zero-order chi connectivity index (χ0) is 35.2. The van der Waals surface area contributed by atoms with Crippen molar-refractivity contribution >= 4 is 34.5 Å². The van der Waals surface area contributed by atoms with E-state index in [1.165, 1.54) is 11.6 Å². The quantitative estimate of drug-likeness (QED) is 0.200. The molecule has 0 bridgehead atoms. The number of nitrogens with one attached hydrogen (secondary N) is 1. The monoisotopic (exact) mass is 684 g/mol. The van der Waals surface area contributed by atoms with Crippen molar-refractivity contribution in [1.29, 1.82) is 5.41 Å². The van der Waals surface area contributed by atoms with Crippen molar-refractivity contribution in [2.45, 2.75) is 32.4 Å². The molecule has 0 saturated carbocycles. The number of amides is 2. The van der Waals surface area contributed by atoms with Gasteiger partial charge in [0.05, 0.1) is 17.7 Å². The molecule has 5 heterocycles. The number of aryl methyl sites for hydroxylation is 1. The van der Waals surface area contributed by atoms with Crippen LogP contribution in [0.2, 0.25) is 0 Å². The Morgan fingerprint density at radius 2 is 1.80 bits per heavy atom. The van der Waals surface area contributed by atoms with Crippen LogP contribution < -0.4 is 10.6 Å². The molecule has 3 aliphatic rings. The highest BCUT2D eigenvalue weighted by atomic mass is 19.4. The van der Waals surface area contributed by atoms with Crippen molar-refractivity contribution in [3.8, 4) is 11.5 Å². The van der Waals surface area contributed by atoms with Gasteiger partial charge in [0.25, 0.3) is 5.89 Å². The maximum Gasteiger partial charge on any atom is 0.433 e. The third kappa shape index (κ3) is 6.38. The maximum atomic E-state index is 13.9. The van der Waals surface area contributed by atoms with Gasteiger partial charge in [0.1, 0.15) is 5.69 Å². The van der Waals surface area contributed by atoms with E-state index in [0.29, 0.717) is 63.0 Å². The third-order valence-corrected chi connectivity index (χ3v) is 9.85. The minimum atomic E-state index is -4.65. The molecule has 2 aromatic heterocycles. The molecule has 1 atom stereocenters. The zero-order valence-electron chi connectivity index (χ0n) is 27.3. The van der Waals surface area contributed by atoms with Crippen LogP contribution in [0.25, 0.3) is 17.0 Å². The summed E-state index contributed by atoms with van der Waals surface area (Å²) in [4.78, 5) is 40.4. The average molecular weight is 685 g/mol. The van der Waals surface area contributed by atoms with Crippen LogP contribution in [0, 0.1) is 17.7 Å². The Bertz CT molecular complexity index is 2010. The Morgan fingerprint density at radius 1 is 1.04 bits per heavy atom. The number of aromatic nitrogens is 3. The Labute approximate surface area is 286 Å². The fraction of sp³-hybridized carbons (Fsp3) is 0.333. The normalized spacial score (nSPS) is 19.8. The molecule has 4 aromatic rings. The lowest BCUT2D eigenvalue weighted by molar-refractivity contribution is -0.141. The zero-order valence-corrected chi connectivity index (χ0v) is 27.3. The number of pyridine rings is 1. The predicted octanol–water partition coefficient (Wildman–Crippen LogP) is 5.20. The molecule has 14 heteroatoms. The van der Waals surface area contributed by atoms with Crippen LogP contribution in [-0.2, 0) is 15.8 Å². The fourth-order valence-electron chi connectivity index (χ4n) is 7.05. The molecule has 11 nitrogen and oxygen atoms in total. The van der Waals surface area contributed by atoms with Gasteiger partial charge >= 0.3 is 6.18 Å². The average Bonchev–Trinajstić information content (AvgIpc) is 3.83. The molecule has 50 heavy (non-hydrogen) atoms. The second-order valence-electron chi connectivity index (χ2n) is 13.1. The summed E-state index contributed by atoms with van der Waals surface area (Å²) in [5, 5.41) is 12.5. The van der Waals surface area contributed by atoms with Crippen LogP contribution in [0.15, 0.2) is 71.4 Å². The lowest BCUT2D eigenvalue weighted by atomic mass is 9.85. The number of likely N-dealkylation sites (tertiary alicyclic amines) is 1. The number of hydrogen-bond donors (Lipinski definition) is 2. The molecule has 0 unspecified atom stereocenters. The number of anilines is 2. The lowest BCUT2D eigenvalue weighted by Gasteiger charge is -2.29. The second-order valence-corrected chi connectivity index (χ2v) is 13.1. The van der Waals surface area contributed by atoms with E-state index in [0.717, 1.165) is 29.8 Å². The van der Waals surface area contributed by atoms with Crippen molar-refractivity contribution in [2.24, 2.45) is 5.41 Å². The second kappa shape index (κ2) is 12.8. The summed E-state index contributed by atoms with van der Waals surface area (Å²) in [5.41, 5.74) is 8.30. The maximum absolute atomic E-state index is 13.9. The summed E-state index contributed by atoms with van der Waals surface area (Å²) in [6.45, 7) is 4.64. The van der Waals surface area contributed by atoms with E-state index in [-0.39, 0.29) is 40.9 Å². The van der Waals surface area contributed by atoms with Gasteiger partial charge in [-0.05, 0) is 86.3 Å². The third-order valence-electron chi connectivity index (χ3n) is 9.85. The molecule has 7 rings (SSSR count). The number of halogens is 3. The number of rotatable bonds is 7. The lowest BCUT2D eigenvalue weighted by Crippen LogP contribution is -2.43. The minimum absolute atomic E-state index is 0.0162. The Balaban J connectivity index is 0.966. The number of nitrogens with two attached hydrogens (primary N) is 1. The molecule has 258 valence electrons. The molecular weight excluding hydrogens is 649 g/mol. The van der Waals surface area contributed by atoms with Gasteiger partial charge < -0.3 is 20.1 Å². The molecule has 1 spiro atoms. The van der Waals surface area contributed by atoms with Gasteiger partial charge in [-0.3, -0.25) is 24.9 Å². The summed E-state index contributed by atoms with van der Waals surface area (Å²) in [7, 11) is 0. The van der Waals surface area contributed by atoms with Gasteiger partial charge in [-0.25, -0.2) is 0 Å². The highest BCUT2D eigenvalue weighted by Crippen LogP contribution is 2.43. The number of carbonyl (C=O) groups excluding carboxylic acids is 2. The number of nitrogen functional groups attached to an aromatic ring is 1. The first-order valence-corrected chi connectivity index (χ1v) is 16.3. The van der Waals surface area contributed by atoms with E-state index in [1.807, 2.05) is 34.1 Å². The highest BCUT2D eigenvalue weighted by molar-refractivity contribution is 6.14. The molecule has 2 saturated heterocycles. The SMILES string of the molecule is Cc1noc(-c2ccc(C3=CCN(C(=O)CN4CC[C@]5(CCN(c6ccc(N)c(C(=N)c7ccnc(C(F)(F)F)c7)c6)C5=O)C4)CC3)cc2)n1. The molecule has 2 aromatic carbocycles. The first-order chi connectivity index (χ1) is 23.9. The van der Waals surface area contributed by atoms with Crippen LogP contribution in [0.5, 0.6) is 0 Å². The van der Waals surface area contributed by atoms with Crippen LogP contribution >= 0.6 is 0 Å². The van der Waals surface area contributed by atoms with Crippen molar-refractivity contribution in [3.05, 3.63) is 95.1 Å². The Hall–Kier alpha value is -5.37. The Kier molecular flexibility index (Phi) is 8.50. The smallest absolute Gasteiger partial charge is 0.398 e. The topological polar surface area (TPSA) is 146 Å². The van der Waals surface area contributed by atoms with Crippen molar-refractivity contribution in [2.75, 3.05) is 49.9 Å². The number of carbonyl (C=O) groups is 2.